The zero-order valence-electron chi connectivity index (χ0n) is 16.4. The van der Waals surface area contributed by atoms with Crippen molar-refractivity contribution in [1.29, 1.82) is 0 Å². The summed E-state index contributed by atoms with van der Waals surface area (Å²) in [6.45, 7) is 0.556. The van der Waals surface area contributed by atoms with Crippen LogP contribution in [0.4, 0.5) is 0 Å². The normalized spacial score (nSPS) is 22.4. The summed E-state index contributed by atoms with van der Waals surface area (Å²) in [5.41, 5.74) is 0.656. The lowest BCUT2D eigenvalue weighted by molar-refractivity contribution is -0.126. The molecule has 2 fully saturated rings. The number of carbonyl (C=O) groups excluding carboxylic acids is 1. The van der Waals surface area contributed by atoms with Crippen LogP contribution in [-0.2, 0) is 14.8 Å². The van der Waals surface area contributed by atoms with Crippen molar-refractivity contribution in [1.82, 2.24) is 14.6 Å². The van der Waals surface area contributed by atoms with Crippen LogP contribution in [-0.4, -0.2) is 42.7 Å². The van der Waals surface area contributed by atoms with E-state index < -0.39 is 15.8 Å². The number of rotatable bonds is 4. The third kappa shape index (κ3) is 4.40. The fourth-order valence-electron chi connectivity index (χ4n) is 4.35. The Hall–Kier alpha value is -2.13. The first kappa shape index (κ1) is 20.2. The summed E-state index contributed by atoms with van der Waals surface area (Å²) >= 11 is 0. The summed E-state index contributed by atoms with van der Waals surface area (Å²) in [6, 6.07) is 4.54. The van der Waals surface area contributed by atoms with E-state index in [0.717, 1.165) is 25.7 Å². The van der Waals surface area contributed by atoms with Gasteiger partial charge in [0.1, 0.15) is 0 Å². The minimum absolute atomic E-state index is 0.0381. The van der Waals surface area contributed by atoms with Gasteiger partial charge in [0.15, 0.2) is 5.58 Å². The number of nitrogens with one attached hydrogen (secondary N) is 2. The molecule has 4 rings (SSSR count). The minimum atomic E-state index is -3.77. The molecule has 2 aromatic rings. The molecular formula is C20H27N3O5S. The largest absolute Gasteiger partial charge is 0.417 e. The average molecular weight is 422 g/mol. The Morgan fingerprint density at radius 3 is 2.62 bits per heavy atom. The van der Waals surface area contributed by atoms with Crippen LogP contribution in [0.3, 0.4) is 0 Å². The number of hydrogen-bond donors (Lipinski definition) is 2. The first-order valence-corrected chi connectivity index (χ1v) is 11.8. The lowest BCUT2D eigenvalue weighted by Gasteiger charge is -2.32. The lowest BCUT2D eigenvalue weighted by atomic mass is 9.97. The average Bonchev–Trinajstić information content (AvgIpc) is 2.90. The minimum Gasteiger partial charge on any atom is -0.408 e. The van der Waals surface area contributed by atoms with Crippen molar-refractivity contribution in [3.63, 3.8) is 0 Å². The van der Waals surface area contributed by atoms with Crippen molar-refractivity contribution >= 4 is 27.0 Å². The molecule has 9 heteroatoms. The summed E-state index contributed by atoms with van der Waals surface area (Å²) in [5, 5.41) is 3.15. The van der Waals surface area contributed by atoms with Gasteiger partial charge in [-0.15, -0.1) is 0 Å². The number of aromatic nitrogens is 1. The number of benzene rings is 1. The molecule has 29 heavy (non-hydrogen) atoms. The molecule has 0 bridgehead atoms. The van der Waals surface area contributed by atoms with Gasteiger partial charge in [-0.25, -0.2) is 13.2 Å². The number of piperidine rings is 1. The molecule has 2 heterocycles. The molecule has 1 saturated carbocycles. The van der Waals surface area contributed by atoms with E-state index in [-0.39, 0.29) is 34.9 Å². The Bertz CT molecular complexity index is 1030. The van der Waals surface area contributed by atoms with Crippen LogP contribution in [0.1, 0.15) is 51.4 Å². The molecule has 1 aromatic carbocycles. The Morgan fingerprint density at radius 2 is 1.86 bits per heavy atom. The van der Waals surface area contributed by atoms with Gasteiger partial charge in [-0.3, -0.25) is 9.78 Å². The number of aromatic amines is 1. The smallest absolute Gasteiger partial charge is 0.408 e. The molecule has 158 valence electrons. The zero-order valence-corrected chi connectivity index (χ0v) is 17.2. The van der Waals surface area contributed by atoms with Crippen molar-refractivity contribution < 1.29 is 17.6 Å². The Kier molecular flexibility index (Phi) is 5.78. The van der Waals surface area contributed by atoms with E-state index in [1.54, 1.807) is 0 Å². The van der Waals surface area contributed by atoms with Crippen LogP contribution in [0.15, 0.2) is 32.3 Å². The number of amides is 1. The van der Waals surface area contributed by atoms with E-state index in [9.17, 15) is 18.0 Å². The first-order chi connectivity index (χ1) is 13.9. The van der Waals surface area contributed by atoms with E-state index in [1.807, 2.05) is 0 Å². The monoisotopic (exact) mass is 421 g/mol. The maximum absolute atomic E-state index is 13.1. The quantitative estimate of drug-likeness (QED) is 0.736. The molecule has 1 aliphatic carbocycles. The molecule has 0 spiro atoms. The van der Waals surface area contributed by atoms with E-state index in [2.05, 4.69) is 10.3 Å². The highest BCUT2D eigenvalue weighted by molar-refractivity contribution is 7.89. The number of fused-ring (bicyclic) bond motifs is 1. The van der Waals surface area contributed by atoms with E-state index in [1.165, 1.54) is 35.3 Å². The van der Waals surface area contributed by atoms with Crippen molar-refractivity contribution in [2.45, 2.75) is 62.3 Å². The van der Waals surface area contributed by atoms with Crippen molar-refractivity contribution in [3.05, 3.63) is 28.7 Å². The second-order valence-electron chi connectivity index (χ2n) is 8.07. The first-order valence-electron chi connectivity index (χ1n) is 10.4. The maximum Gasteiger partial charge on any atom is 0.417 e. The highest BCUT2D eigenvalue weighted by atomic mass is 32.2. The molecule has 1 amide bonds. The number of carbonyl (C=O) groups is 1. The predicted molar refractivity (Wildman–Crippen MR) is 108 cm³/mol. The van der Waals surface area contributed by atoms with Crippen LogP contribution in [0.5, 0.6) is 0 Å². The molecule has 0 unspecified atom stereocenters. The maximum atomic E-state index is 13.1. The van der Waals surface area contributed by atoms with Gasteiger partial charge in [0, 0.05) is 25.2 Å². The number of oxazole rings is 1. The summed E-state index contributed by atoms with van der Waals surface area (Å²) in [6.07, 6.45) is 8.03. The zero-order chi connectivity index (χ0) is 20.4. The second-order valence-corrected chi connectivity index (χ2v) is 10.0. The van der Waals surface area contributed by atoms with Crippen LogP contribution in [0, 0.1) is 5.92 Å². The third-order valence-electron chi connectivity index (χ3n) is 5.99. The number of sulfonamides is 1. The lowest BCUT2D eigenvalue weighted by Crippen LogP contribution is -2.47. The van der Waals surface area contributed by atoms with Crippen LogP contribution < -0.4 is 11.1 Å². The second kappa shape index (κ2) is 8.31. The van der Waals surface area contributed by atoms with Gasteiger partial charge >= 0.3 is 5.76 Å². The van der Waals surface area contributed by atoms with Crippen molar-refractivity contribution in [2.75, 3.05) is 13.1 Å². The number of H-pyrrole nitrogens is 1. The Balaban J connectivity index is 1.47. The number of hydrogen-bond acceptors (Lipinski definition) is 5. The summed E-state index contributed by atoms with van der Waals surface area (Å²) in [7, 11) is -3.77. The van der Waals surface area contributed by atoms with Crippen LogP contribution >= 0.6 is 0 Å². The third-order valence-corrected chi connectivity index (χ3v) is 7.85. The van der Waals surface area contributed by atoms with E-state index in [0.29, 0.717) is 24.9 Å². The van der Waals surface area contributed by atoms with Crippen LogP contribution in [0.25, 0.3) is 11.1 Å². The molecule has 2 N–H and O–H groups in total. The number of nitrogens with zero attached hydrogens (tertiary/aromatic N) is 1. The van der Waals surface area contributed by atoms with Gasteiger partial charge in [0.05, 0.1) is 16.3 Å². The van der Waals surface area contributed by atoms with Crippen molar-refractivity contribution in [2.24, 2.45) is 5.92 Å². The molecular weight excluding hydrogens is 394 g/mol. The molecule has 1 saturated heterocycles. The highest BCUT2D eigenvalue weighted by Crippen LogP contribution is 2.26. The Labute approximate surface area is 169 Å². The summed E-state index contributed by atoms with van der Waals surface area (Å²) in [5.74, 6) is -0.998. The fourth-order valence-corrected chi connectivity index (χ4v) is 5.89. The van der Waals surface area contributed by atoms with Crippen molar-refractivity contribution in [3.8, 4) is 0 Å². The highest BCUT2D eigenvalue weighted by Gasteiger charge is 2.34. The van der Waals surface area contributed by atoms with Gasteiger partial charge in [-0.2, -0.15) is 4.31 Å². The molecule has 2 aliphatic rings. The summed E-state index contributed by atoms with van der Waals surface area (Å²) in [4.78, 5) is 26.7. The van der Waals surface area contributed by atoms with Gasteiger partial charge in [0.2, 0.25) is 15.9 Å². The van der Waals surface area contributed by atoms with Crippen LogP contribution in [0.2, 0.25) is 0 Å². The molecule has 0 radical (unpaired) electrons. The summed E-state index contributed by atoms with van der Waals surface area (Å²) < 4.78 is 32.6. The Morgan fingerprint density at radius 1 is 1.10 bits per heavy atom. The van der Waals surface area contributed by atoms with Gasteiger partial charge < -0.3 is 9.73 Å². The standard InChI is InChI=1S/C20H27N3O5S/c24-19(21-15-7-3-1-2-4-8-15)14-6-5-11-23(13-14)29(26,27)16-9-10-17-18(12-16)28-20(25)22-17/h9-10,12,14-15H,1-8,11,13H2,(H,21,24)(H,22,25)/t14-/m0/s1. The van der Waals surface area contributed by atoms with Gasteiger partial charge in [0.25, 0.3) is 0 Å². The van der Waals surface area contributed by atoms with E-state index >= 15 is 0 Å². The fraction of sp³-hybridized carbons (Fsp3) is 0.600. The van der Waals surface area contributed by atoms with Gasteiger partial charge in [-0.1, -0.05) is 25.7 Å². The van der Waals surface area contributed by atoms with E-state index in [4.69, 9.17) is 4.42 Å². The SMILES string of the molecule is O=C(NC1CCCCCC1)[C@H]1CCCN(S(=O)(=O)c2ccc3[nH]c(=O)oc3c2)C1. The topological polar surface area (TPSA) is 112 Å². The molecule has 1 atom stereocenters. The molecule has 8 nitrogen and oxygen atoms in total. The molecule has 1 aliphatic heterocycles. The molecule has 1 aromatic heterocycles. The predicted octanol–water partition coefficient (Wildman–Crippen LogP) is 2.36. The van der Waals surface area contributed by atoms with Gasteiger partial charge in [-0.05, 0) is 37.8 Å².